The summed E-state index contributed by atoms with van der Waals surface area (Å²) >= 11 is 0. The topological polar surface area (TPSA) is 27.7 Å². The fourth-order valence-electron chi connectivity index (χ4n) is 0.386. The normalized spacial score (nSPS) is 9.67. The average Bonchev–Trinajstić information content (AvgIpc) is 2.03. The Bertz CT molecular complexity index is 144. The molecular formula is C7H12F2O3. The number of halogens is 2. The van der Waals surface area contributed by atoms with Gasteiger partial charge in [0, 0.05) is 7.11 Å². The highest BCUT2D eigenvalue weighted by Crippen LogP contribution is 2.07. The summed E-state index contributed by atoms with van der Waals surface area (Å²) in [7, 11) is 1.52. The molecule has 0 unspecified atom stereocenters. The van der Waals surface area contributed by atoms with Crippen molar-refractivity contribution in [1.82, 2.24) is 0 Å². The summed E-state index contributed by atoms with van der Waals surface area (Å²) in [5, 5.41) is 0. The summed E-state index contributed by atoms with van der Waals surface area (Å²) in [6, 6.07) is 0. The summed E-state index contributed by atoms with van der Waals surface area (Å²) in [6.45, 7) is 1.75. The monoisotopic (exact) mass is 182 g/mol. The molecule has 0 N–H and O–H groups in total. The summed E-state index contributed by atoms with van der Waals surface area (Å²) < 4.78 is 37.3. The molecule has 5 heteroatoms. The first-order valence-electron chi connectivity index (χ1n) is 3.40. The number of rotatable bonds is 6. The van der Waals surface area contributed by atoms with Gasteiger partial charge in [-0.05, 0) is 6.92 Å². The van der Waals surface area contributed by atoms with Gasteiger partial charge in [0.05, 0.1) is 13.2 Å². The molecule has 12 heavy (non-hydrogen) atoms. The molecule has 0 aromatic heterocycles. The number of hydrogen-bond acceptors (Lipinski definition) is 3. The van der Waals surface area contributed by atoms with Crippen molar-refractivity contribution in [2.75, 3.05) is 27.1 Å². The van der Waals surface area contributed by atoms with Crippen molar-refractivity contribution in [3.63, 3.8) is 0 Å². The molecule has 0 spiro atoms. The average molecular weight is 182 g/mol. The van der Waals surface area contributed by atoms with Gasteiger partial charge < -0.3 is 14.2 Å². The highest BCUT2D eigenvalue weighted by atomic mass is 19.3. The van der Waals surface area contributed by atoms with Gasteiger partial charge in [0.15, 0.2) is 12.6 Å². The largest absolute Gasteiger partial charge is 0.467 e. The maximum absolute atomic E-state index is 11.7. The lowest BCUT2D eigenvalue weighted by molar-refractivity contribution is -0.0426. The van der Waals surface area contributed by atoms with Gasteiger partial charge in [-0.25, -0.2) is 0 Å². The Balaban J connectivity index is 3.26. The minimum absolute atomic E-state index is 0.174. The van der Waals surface area contributed by atoms with Crippen molar-refractivity contribution < 1.29 is 23.0 Å². The van der Waals surface area contributed by atoms with Crippen molar-refractivity contribution in [1.29, 1.82) is 0 Å². The van der Waals surface area contributed by atoms with Gasteiger partial charge in [-0.15, -0.1) is 0 Å². The molecule has 0 aromatic carbocycles. The lowest BCUT2D eigenvalue weighted by atomic mass is 10.6. The number of methoxy groups -OCH3 is 1. The summed E-state index contributed by atoms with van der Waals surface area (Å²) in [4.78, 5) is 0. The van der Waals surface area contributed by atoms with E-state index < -0.39 is 11.8 Å². The third-order valence-electron chi connectivity index (χ3n) is 1.06. The molecule has 0 heterocycles. The van der Waals surface area contributed by atoms with Gasteiger partial charge in [-0.2, -0.15) is 8.78 Å². The van der Waals surface area contributed by atoms with Crippen LogP contribution in [0.25, 0.3) is 0 Å². The molecule has 0 aliphatic heterocycles. The first kappa shape index (κ1) is 11.3. The Hall–Kier alpha value is -0.680. The van der Waals surface area contributed by atoms with Crippen molar-refractivity contribution in [2.24, 2.45) is 0 Å². The van der Waals surface area contributed by atoms with Crippen molar-refractivity contribution in [3.8, 4) is 0 Å². The molecule has 0 aliphatic carbocycles. The Morgan fingerprint density at radius 3 is 2.42 bits per heavy atom. The SMILES string of the molecule is COCCOCOC(C)=C(F)F. The Morgan fingerprint density at radius 2 is 1.92 bits per heavy atom. The van der Waals surface area contributed by atoms with Gasteiger partial charge in [0.2, 0.25) is 0 Å². The third kappa shape index (κ3) is 6.06. The zero-order valence-corrected chi connectivity index (χ0v) is 7.10. The van der Waals surface area contributed by atoms with Crippen LogP contribution >= 0.6 is 0 Å². The minimum Gasteiger partial charge on any atom is -0.467 e. The summed E-state index contributed by atoms with van der Waals surface area (Å²) in [6.07, 6.45) is -1.83. The van der Waals surface area contributed by atoms with Crippen LogP contribution in [0.2, 0.25) is 0 Å². The molecule has 0 atom stereocenters. The zero-order chi connectivity index (χ0) is 9.40. The number of hydrogen-bond donors (Lipinski definition) is 0. The molecule has 0 rings (SSSR count). The second-order valence-corrected chi connectivity index (χ2v) is 1.98. The van der Waals surface area contributed by atoms with E-state index in [9.17, 15) is 8.78 Å². The minimum atomic E-state index is -1.83. The van der Waals surface area contributed by atoms with Crippen LogP contribution in [-0.2, 0) is 14.2 Å². The highest BCUT2D eigenvalue weighted by molar-refractivity contribution is 4.86. The quantitative estimate of drug-likeness (QED) is 0.356. The van der Waals surface area contributed by atoms with Gasteiger partial charge in [0.1, 0.15) is 0 Å². The second kappa shape index (κ2) is 7.00. The molecular weight excluding hydrogens is 170 g/mol. The molecule has 0 saturated carbocycles. The smallest absolute Gasteiger partial charge is 0.307 e. The lowest BCUT2D eigenvalue weighted by Gasteiger charge is -2.05. The molecule has 72 valence electrons. The zero-order valence-electron chi connectivity index (χ0n) is 7.10. The van der Waals surface area contributed by atoms with Crippen LogP contribution in [0.4, 0.5) is 8.78 Å². The van der Waals surface area contributed by atoms with Crippen molar-refractivity contribution in [2.45, 2.75) is 6.92 Å². The predicted molar refractivity (Wildman–Crippen MR) is 38.7 cm³/mol. The maximum atomic E-state index is 11.7. The van der Waals surface area contributed by atoms with Gasteiger partial charge in [-0.1, -0.05) is 0 Å². The van der Waals surface area contributed by atoms with Gasteiger partial charge in [0.25, 0.3) is 0 Å². The second-order valence-electron chi connectivity index (χ2n) is 1.98. The van der Waals surface area contributed by atoms with Crippen LogP contribution in [-0.4, -0.2) is 27.1 Å². The van der Waals surface area contributed by atoms with E-state index in [1.165, 1.54) is 14.0 Å². The molecule has 0 fully saturated rings. The van der Waals surface area contributed by atoms with Gasteiger partial charge >= 0.3 is 6.08 Å². The van der Waals surface area contributed by atoms with E-state index in [2.05, 4.69) is 9.47 Å². The molecule has 0 aromatic rings. The van der Waals surface area contributed by atoms with Crippen LogP contribution in [0.3, 0.4) is 0 Å². The van der Waals surface area contributed by atoms with Crippen LogP contribution in [0.1, 0.15) is 6.92 Å². The fraction of sp³-hybridized carbons (Fsp3) is 0.714. The third-order valence-corrected chi connectivity index (χ3v) is 1.06. The molecule has 0 aliphatic rings. The van der Waals surface area contributed by atoms with E-state index in [0.717, 1.165) is 0 Å². The maximum Gasteiger partial charge on any atom is 0.307 e. The van der Waals surface area contributed by atoms with E-state index in [1.807, 2.05) is 0 Å². The molecule has 0 bridgehead atoms. The van der Waals surface area contributed by atoms with Gasteiger partial charge in [-0.3, -0.25) is 0 Å². The van der Waals surface area contributed by atoms with E-state index >= 15 is 0 Å². The van der Waals surface area contributed by atoms with Crippen LogP contribution in [0, 0.1) is 0 Å². The molecule has 0 amide bonds. The van der Waals surface area contributed by atoms with E-state index in [1.54, 1.807) is 0 Å². The highest BCUT2D eigenvalue weighted by Gasteiger charge is 1.99. The van der Waals surface area contributed by atoms with E-state index in [4.69, 9.17) is 4.74 Å². The Morgan fingerprint density at radius 1 is 1.25 bits per heavy atom. The Kier molecular flexibility index (Phi) is 6.60. The van der Waals surface area contributed by atoms with Crippen LogP contribution < -0.4 is 0 Å². The van der Waals surface area contributed by atoms with Crippen molar-refractivity contribution >= 4 is 0 Å². The van der Waals surface area contributed by atoms with Crippen LogP contribution in [0.15, 0.2) is 11.8 Å². The van der Waals surface area contributed by atoms with E-state index in [0.29, 0.717) is 13.2 Å². The lowest BCUT2D eigenvalue weighted by Crippen LogP contribution is -2.05. The first-order chi connectivity index (χ1) is 5.68. The molecule has 0 saturated heterocycles. The van der Waals surface area contributed by atoms with Crippen molar-refractivity contribution in [3.05, 3.63) is 11.8 Å². The van der Waals surface area contributed by atoms with E-state index in [-0.39, 0.29) is 6.79 Å². The summed E-state index contributed by atoms with van der Waals surface area (Å²) in [5.74, 6) is -0.410. The number of allylic oxidation sites excluding steroid dienone is 1. The molecule has 3 nitrogen and oxygen atoms in total. The predicted octanol–water partition coefficient (Wildman–Crippen LogP) is 1.75. The Labute approximate surface area is 69.9 Å². The number of ether oxygens (including phenoxy) is 3. The summed E-state index contributed by atoms with van der Waals surface area (Å²) in [5.41, 5.74) is 0. The first-order valence-corrected chi connectivity index (χ1v) is 3.40. The standard InChI is InChI=1S/C7H12F2O3/c1-6(7(8)9)12-5-11-4-3-10-2/h3-5H2,1-2H3. The molecule has 0 radical (unpaired) electrons. The fourth-order valence-corrected chi connectivity index (χ4v) is 0.386. The van der Waals surface area contributed by atoms with Crippen LogP contribution in [0.5, 0.6) is 0 Å².